The van der Waals surface area contributed by atoms with Crippen molar-refractivity contribution in [3.63, 3.8) is 0 Å². The Labute approximate surface area is 155 Å². The summed E-state index contributed by atoms with van der Waals surface area (Å²) in [6.45, 7) is 1.74. The lowest BCUT2D eigenvalue weighted by atomic mass is 10.1. The van der Waals surface area contributed by atoms with Crippen LogP contribution in [0.1, 0.15) is 21.7 Å². The maximum absolute atomic E-state index is 14.2. The van der Waals surface area contributed by atoms with Crippen molar-refractivity contribution in [2.75, 3.05) is 7.11 Å². The largest absolute Gasteiger partial charge is 0.494 e. The van der Waals surface area contributed by atoms with Crippen LogP contribution in [0.4, 0.5) is 17.6 Å². The fraction of sp³-hybridized carbons (Fsp3) is 0.278. The Morgan fingerprint density at radius 3 is 2.56 bits per heavy atom. The highest BCUT2D eigenvalue weighted by Crippen LogP contribution is 2.36. The summed E-state index contributed by atoms with van der Waals surface area (Å²) in [5.74, 6) is -1.72. The Balaban J connectivity index is 2.14. The van der Waals surface area contributed by atoms with Crippen LogP contribution >= 0.6 is 11.3 Å². The van der Waals surface area contributed by atoms with Crippen LogP contribution in [0.2, 0.25) is 0 Å². The predicted octanol–water partition coefficient (Wildman–Crippen LogP) is 4.85. The molecule has 0 aliphatic rings. The van der Waals surface area contributed by atoms with Crippen LogP contribution in [0.5, 0.6) is 5.75 Å². The number of thiophene rings is 1. The molecule has 1 aromatic carbocycles. The lowest BCUT2D eigenvalue weighted by Crippen LogP contribution is -2.05. The maximum Gasteiger partial charge on any atom is 0.425 e. The summed E-state index contributed by atoms with van der Waals surface area (Å²) < 4.78 is 59.3. The van der Waals surface area contributed by atoms with E-state index in [1.54, 1.807) is 11.5 Å². The fourth-order valence-electron chi connectivity index (χ4n) is 3.07. The van der Waals surface area contributed by atoms with Gasteiger partial charge in [0.05, 0.1) is 19.0 Å². The third kappa shape index (κ3) is 3.64. The van der Waals surface area contributed by atoms with E-state index >= 15 is 0 Å². The van der Waals surface area contributed by atoms with Crippen molar-refractivity contribution in [2.24, 2.45) is 0 Å². The SMILES string of the molecule is COc1cc2c(CC(=O)O)c(C)n(Cc3csc(C(F)(F)F)c3)c2cc1F. The number of ether oxygens (including phenoxy) is 1. The minimum absolute atomic E-state index is 0.0267. The van der Waals surface area contributed by atoms with Crippen LogP contribution in [0.25, 0.3) is 10.9 Å². The highest BCUT2D eigenvalue weighted by Gasteiger charge is 2.32. The molecule has 0 fully saturated rings. The van der Waals surface area contributed by atoms with Gasteiger partial charge in [0.2, 0.25) is 0 Å². The first kappa shape index (κ1) is 19.2. The average Bonchev–Trinajstić information content (AvgIpc) is 3.13. The van der Waals surface area contributed by atoms with Crippen LogP contribution in [0.15, 0.2) is 23.6 Å². The zero-order chi connectivity index (χ0) is 19.9. The number of hydrogen-bond acceptors (Lipinski definition) is 3. The second kappa shape index (κ2) is 6.88. The predicted molar refractivity (Wildman–Crippen MR) is 92.9 cm³/mol. The molecule has 1 N–H and O–H groups in total. The number of nitrogens with zero attached hydrogens (tertiary/aromatic N) is 1. The molecule has 0 saturated carbocycles. The van der Waals surface area contributed by atoms with E-state index in [0.717, 1.165) is 6.07 Å². The second-order valence-corrected chi connectivity index (χ2v) is 6.95. The smallest absolute Gasteiger partial charge is 0.425 e. The van der Waals surface area contributed by atoms with Crippen molar-refractivity contribution in [1.82, 2.24) is 4.57 Å². The molecule has 2 aromatic heterocycles. The van der Waals surface area contributed by atoms with E-state index in [9.17, 15) is 27.5 Å². The first-order chi connectivity index (χ1) is 12.6. The Hall–Kier alpha value is -2.55. The van der Waals surface area contributed by atoms with E-state index in [0.29, 0.717) is 39.1 Å². The van der Waals surface area contributed by atoms with Gasteiger partial charge in [0.25, 0.3) is 0 Å². The molecule has 2 heterocycles. The minimum atomic E-state index is -4.43. The zero-order valence-corrected chi connectivity index (χ0v) is 15.2. The van der Waals surface area contributed by atoms with Crippen molar-refractivity contribution in [1.29, 1.82) is 0 Å². The van der Waals surface area contributed by atoms with Crippen LogP contribution in [-0.4, -0.2) is 22.8 Å². The van der Waals surface area contributed by atoms with Gasteiger partial charge in [-0.2, -0.15) is 13.2 Å². The molecule has 4 nitrogen and oxygen atoms in total. The topological polar surface area (TPSA) is 51.5 Å². The molecular weight excluding hydrogens is 386 g/mol. The first-order valence-corrected chi connectivity index (χ1v) is 8.71. The molecule has 0 saturated heterocycles. The number of aliphatic carboxylic acids is 1. The van der Waals surface area contributed by atoms with E-state index in [1.807, 2.05) is 0 Å². The summed E-state index contributed by atoms with van der Waals surface area (Å²) in [5, 5.41) is 11.1. The number of aromatic nitrogens is 1. The molecule has 0 unspecified atom stereocenters. The highest BCUT2D eigenvalue weighted by atomic mass is 32.1. The average molecular weight is 401 g/mol. The van der Waals surface area contributed by atoms with Crippen molar-refractivity contribution in [3.8, 4) is 5.75 Å². The van der Waals surface area contributed by atoms with Crippen LogP contribution in [0, 0.1) is 12.7 Å². The number of carboxylic acid groups (broad SMARTS) is 1. The Bertz CT molecular complexity index is 1020. The molecular formula is C18H15F4NO3S. The molecule has 0 aliphatic heterocycles. The number of carboxylic acids is 1. The standard InChI is InChI=1S/C18H15F4NO3S/c1-9-11(5-17(24)25)12-4-15(26-2)13(19)6-14(12)23(9)7-10-3-16(27-8-10)18(20,21)22/h3-4,6,8H,5,7H2,1-2H3,(H,24,25). The van der Waals surface area contributed by atoms with Gasteiger partial charge >= 0.3 is 12.1 Å². The van der Waals surface area contributed by atoms with Gasteiger partial charge in [0.15, 0.2) is 11.6 Å². The van der Waals surface area contributed by atoms with Gasteiger partial charge in [-0.3, -0.25) is 4.79 Å². The number of hydrogen-bond donors (Lipinski definition) is 1. The van der Waals surface area contributed by atoms with Gasteiger partial charge in [-0.1, -0.05) is 0 Å². The Kier molecular flexibility index (Phi) is 4.90. The van der Waals surface area contributed by atoms with Crippen molar-refractivity contribution in [2.45, 2.75) is 26.1 Å². The summed E-state index contributed by atoms with van der Waals surface area (Å²) in [6.07, 6.45) is -4.72. The molecule has 3 rings (SSSR count). The van der Waals surface area contributed by atoms with Crippen LogP contribution < -0.4 is 4.74 Å². The normalized spacial score (nSPS) is 11.9. The number of carbonyl (C=O) groups is 1. The monoisotopic (exact) mass is 401 g/mol. The molecule has 9 heteroatoms. The third-order valence-electron chi connectivity index (χ3n) is 4.33. The van der Waals surface area contributed by atoms with E-state index in [4.69, 9.17) is 4.74 Å². The van der Waals surface area contributed by atoms with E-state index in [1.165, 1.54) is 24.6 Å². The minimum Gasteiger partial charge on any atom is -0.494 e. The van der Waals surface area contributed by atoms with E-state index < -0.39 is 22.8 Å². The summed E-state index contributed by atoms with van der Waals surface area (Å²) in [6, 6.07) is 3.68. The Morgan fingerprint density at radius 1 is 1.30 bits per heavy atom. The lowest BCUT2D eigenvalue weighted by molar-refractivity contribution is -0.136. The molecule has 0 amide bonds. The van der Waals surface area contributed by atoms with Gasteiger partial charge in [-0.05, 0) is 35.6 Å². The molecule has 27 heavy (non-hydrogen) atoms. The second-order valence-electron chi connectivity index (χ2n) is 6.04. The summed E-state index contributed by atoms with van der Waals surface area (Å²) >= 11 is 0.587. The van der Waals surface area contributed by atoms with Crippen molar-refractivity contribution in [3.05, 3.63) is 51.1 Å². The number of methoxy groups -OCH3 is 1. The van der Waals surface area contributed by atoms with Gasteiger partial charge in [0, 0.05) is 23.7 Å². The molecule has 3 aromatic rings. The maximum atomic E-state index is 14.2. The van der Waals surface area contributed by atoms with Gasteiger partial charge in [0.1, 0.15) is 4.88 Å². The quantitative estimate of drug-likeness (QED) is 0.622. The van der Waals surface area contributed by atoms with Gasteiger partial charge in [-0.15, -0.1) is 11.3 Å². The van der Waals surface area contributed by atoms with E-state index in [2.05, 4.69) is 0 Å². The number of fused-ring (bicyclic) bond motifs is 1. The summed E-state index contributed by atoms with van der Waals surface area (Å²) in [4.78, 5) is 10.5. The number of alkyl halides is 3. The highest BCUT2D eigenvalue weighted by molar-refractivity contribution is 7.10. The number of halogens is 4. The summed E-state index contributed by atoms with van der Waals surface area (Å²) in [5.41, 5.74) is 1.84. The molecule has 144 valence electrons. The number of benzene rings is 1. The molecule has 0 radical (unpaired) electrons. The van der Waals surface area contributed by atoms with Crippen molar-refractivity contribution < 1.29 is 32.2 Å². The molecule has 0 aliphatic carbocycles. The van der Waals surface area contributed by atoms with Gasteiger partial charge < -0.3 is 14.4 Å². The van der Waals surface area contributed by atoms with Crippen molar-refractivity contribution >= 4 is 28.2 Å². The molecule has 0 bridgehead atoms. The fourth-order valence-corrected chi connectivity index (χ4v) is 3.84. The summed E-state index contributed by atoms with van der Waals surface area (Å²) in [7, 11) is 1.30. The zero-order valence-electron chi connectivity index (χ0n) is 14.4. The lowest BCUT2D eigenvalue weighted by Gasteiger charge is -2.08. The van der Waals surface area contributed by atoms with E-state index in [-0.39, 0.29) is 18.7 Å². The Morgan fingerprint density at radius 2 is 2.00 bits per heavy atom. The molecule has 0 spiro atoms. The molecule has 0 atom stereocenters. The number of rotatable bonds is 5. The third-order valence-corrected chi connectivity index (χ3v) is 5.35. The van der Waals surface area contributed by atoms with Crippen LogP contribution in [0.3, 0.4) is 0 Å². The first-order valence-electron chi connectivity index (χ1n) is 7.83. The van der Waals surface area contributed by atoms with Gasteiger partial charge in [-0.25, -0.2) is 4.39 Å². The van der Waals surface area contributed by atoms with Crippen LogP contribution in [-0.2, 0) is 23.9 Å².